The van der Waals surface area contributed by atoms with Crippen molar-refractivity contribution in [3.8, 4) is 0 Å². The molecular formula is C28H52O4. The number of aliphatic hydroxyl groups is 1. The van der Waals surface area contributed by atoms with Gasteiger partial charge in [0, 0.05) is 13.0 Å². The fourth-order valence-electron chi connectivity index (χ4n) is 3.51. The molecule has 188 valence electrons. The molecule has 0 aliphatic carbocycles. The summed E-state index contributed by atoms with van der Waals surface area (Å²) in [5.74, 6) is -0.291. The highest BCUT2D eigenvalue weighted by molar-refractivity contribution is 5.69. The van der Waals surface area contributed by atoms with Crippen LogP contribution in [0.5, 0.6) is 0 Å². The smallest absolute Gasteiger partial charge is 0.305 e. The topological polar surface area (TPSA) is 55.8 Å². The Morgan fingerprint density at radius 2 is 1.28 bits per heavy atom. The van der Waals surface area contributed by atoms with Gasteiger partial charge in [0.2, 0.25) is 0 Å². The lowest BCUT2D eigenvalue weighted by atomic mass is 10.1. The number of carbonyl (C=O) groups is 1. The molecule has 1 unspecified atom stereocenters. The first kappa shape index (κ1) is 30.9. The highest BCUT2D eigenvalue weighted by atomic mass is 16.6. The van der Waals surface area contributed by atoms with Gasteiger partial charge in [0.05, 0.1) is 13.2 Å². The molecule has 0 spiro atoms. The maximum atomic E-state index is 11.2. The van der Waals surface area contributed by atoms with E-state index in [1.807, 2.05) is 0 Å². The van der Waals surface area contributed by atoms with Crippen LogP contribution in [0.2, 0.25) is 0 Å². The Balaban J connectivity index is 3.26. The molecule has 0 aromatic heterocycles. The summed E-state index contributed by atoms with van der Waals surface area (Å²) in [5, 5.41) is 9.18. The van der Waals surface area contributed by atoms with Crippen molar-refractivity contribution in [3.05, 3.63) is 24.3 Å². The van der Waals surface area contributed by atoms with Gasteiger partial charge in [0.15, 0.2) is 0 Å². The molecule has 0 saturated heterocycles. The zero-order chi connectivity index (χ0) is 23.5. The minimum Gasteiger partial charge on any atom is -0.457 e. The highest BCUT2D eigenvalue weighted by Crippen LogP contribution is 2.12. The fourth-order valence-corrected chi connectivity index (χ4v) is 3.51. The van der Waals surface area contributed by atoms with E-state index in [4.69, 9.17) is 9.47 Å². The molecule has 1 N–H and O–H groups in total. The fraction of sp³-hybridized carbons (Fsp3) is 0.821. The summed E-state index contributed by atoms with van der Waals surface area (Å²) < 4.78 is 10.6. The molecule has 0 aliphatic rings. The predicted octanol–water partition coefficient (Wildman–Crippen LogP) is 7.69. The molecule has 1 atom stereocenters. The lowest BCUT2D eigenvalue weighted by molar-refractivity contribution is -0.154. The number of hydrogen-bond acceptors (Lipinski definition) is 4. The number of hydrogen-bond donors (Lipinski definition) is 1. The summed E-state index contributed by atoms with van der Waals surface area (Å²) in [6.45, 7) is 4.77. The third kappa shape index (κ3) is 23.5. The van der Waals surface area contributed by atoms with E-state index in [2.05, 4.69) is 31.2 Å². The number of allylic oxidation sites excluding steroid dienone is 4. The summed E-state index contributed by atoms with van der Waals surface area (Å²) >= 11 is 0. The summed E-state index contributed by atoms with van der Waals surface area (Å²) in [6.07, 6.45) is 29.5. The minimum atomic E-state index is -0.527. The first-order valence-electron chi connectivity index (χ1n) is 13.4. The Kier molecular flexibility index (Phi) is 25.2. The second kappa shape index (κ2) is 26.1. The van der Waals surface area contributed by atoms with Gasteiger partial charge in [-0.15, -0.1) is 0 Å². The molecule has 0 radical (unpaired) electrons. The van der Waals surface area contributed by atoms with Gasteiger partial charge in [-0.3, -0.25) is 4.79 Å². The van der Waals surface area contributed by atoms with Crippen LogP contribution in [0.4, 0.5) is 0 Å². The first-order valence-corrected chi connectivity index (χ1v) is 13.4. The van der Waals surface area contributed by atoms with Crippen molar-refractivity contribution in [1.29, 1.82) is 0 Å². The molecule has 0 aliphatic heterocycles. The molecule has 0 saturated carbocycles. The quantitative estimate of drug-likeness (QED) is 0.0926. The summed E-state index contributed by atoms with van der Waals surface area (Å²) in [5.41, 5.74) is 0. The van der Waals surface area contributed by atoms with Crippen LogP contribution in [0.1, 0.15) is 123 Å². The zero-order valence-electron chi connectivity index (χ0n) is 21.2. The van der Waals surface area contributed by atoms with E-state index < -0.39 is 6.10 Å². The van der Waals surface area contributed by atoms with Crippen molar-refractivity contribution in [2.45, 2.75) is 129 Å². The van der Waals surface area contributed by atoms with Crippen molar-refractivity contribution in [3.63, 3.8) is 0 Å². The predicted molar refractivity (Wildman–Crippen MR) is 136 cm³/mol. The third-order valence-corrected chi connectivity index (χ3v) is 5.58. The molecule has 0 heterocycles. The Hall–Kier alpha value is -1.13. The summed E-state index contributed by atoms with van der Waals surface area (Å²) in [4.78, 5) is 11.2. The van der Waals surface area contributed by atoms with E-state index in [0.29, 0.717) is 13.0 Å². The average Bonchev–Trinajstić information content (AvgIpc) is 2.81. The first-order chi connectivity index (χ1) is 15.7. The number of unbranched alkanes of at least 4 members (excludes halogenated alkanes) is 13. The number of esters is 1. The normalized spacial score (nSPS) is 12.7. The van der Waals surface area contributed by atoms with Gasteiger partial charge in [-0.25, -0.2) is 0 Å². The Morgan fingerprint density at radius 1 is 0.750 bits per heavy atom. The monoisotopic (exact) mass is 452 g/mol. The minimum absolute atomic E-state index is 0.181. The van der Waals surface area contributed by atoms with Crippen molar-refractivity contribution >= 4 is 5.97 Å². The second-order valence-electron chi connectivity index (χ2n) is 8.72. The zero-order valence-corrected chi connectivity index (χ0v) is 21.2. The van der Waals surface area contributed by atoms with Gasteiger partial charge >= 0.3 is 5.97 Å². The van der Waals surface area contributed by atoms with Crippen molar-refractivity contribution in [2.75, 3.05) is 19.8 Å². The molecule has 0 amide bonds. The number of rotatable bonds is 24. The van der Waals surface area contributed by atoms with Crippen molar-refractivity contribution in [2.24, 2.45) is 0 Å². The maximum absolute atomic E-state index is 11.2. The lowest BCUT2D eigenvalue weighted by Crippen LogP contribution is -2.27. The van der Waals surface area contributed by atoms with Crippen molar-refractivity contribution in [1.82, 2.24) is 0 Å². The molecular weight excluding hydrogens is 400 g/mol. The maximum Gasteiger partial charge on any atom is 0.305 e. The van der Waals surface area contributed by atoms with Gasteiger partial charge < -0.3 is 14.6 Å². The average molecular weight is 453 g/mol. The van der Waals surface area contributed by atoms with E-state index in [9.17, 15) is 9.90 Å². The molecule has 0 aromatic rings. The van der Waals surface area contributed by atoms with Gasteiger partial charge in [0.25, 0.3) is 0 Å². The highest BCUT2D eigenvalue weighted by Gasteiger charge is 2.12. The van der Waals surface area contributed by atoms with Gasteiger partial charge in [-0.2, -0.15) is 0 Å². The largest absolute Gasteiger partial charge is 0.457 e. The molecule has 32 heavy (non-hydrogen) atoms. The Labute approximate surface area is 198 Å². The number of carbonyl (C=O) groups excluding carboxylic acids is 1. The summed E-state index contributed by atoms with van der Waals surface area (Å²) in [6, 6.07) is 0. The second-order valence-corrected chi connectivity index (χ2v) is 8.72. The van der Waals surface area contributed by atoms with E-state index in [0.717, 1.165) is 12.8 Å². The summed E-state index contributed by atoms with van der Waals surface area (Å²) in [7, 11) is 0. The van der Waals surface area contributed by atoms with Gasteiger partial charge in [-0.1, -0.05) is 102 Å². The molecule has 4 nitrogen and oxygen atoms in total. The standard InChI is InChI=1S/C28H52O4/c1-3-5-6-7-8-9-10-11-12-13-14-15-16-17-18-19-20-21-22-23-24-31-26-27(25-29)32-28(30)4-2/h8-9,11-12,27,29H,3-7,10,13-26H2,1-2H3/b9-8-,12-11-. The third-order valence-electron chi connectivity index (χ3n) is 5.58. The van der Waals surface area contributed by atoms with Crippen molar-refractivity contribution < 1.29 is 19.4 Å². The number of aliphatic hydroxyl groups excluding tert-OH is 1. The van der Waals surface area contributed by atoms with Crippen LogP contribution < -0.4 is 0 Å². The van der Waals surface area contributed by atoms with E-state index in [1.165, 1.54) is 89.9 Å². The number of ether oxygens (including phenoxy) is 2. The van der Waals surface area contributed by atoms with E-state index in [-0.39, 0.29) is 19.2 Å². The van der Waals surface area contributed by atoms with Crippen LogP contribution >= 0.6 is 0 Å². The van der Waals surface area contributed by atoms with Crippen LogP contribution in [-0.2, 0) is 14.3 Å². The van der Waals surface area contributed by atoms with Crippen LogP contribution in [-0.4, -0.2) is 37.0 Å². The van der Waals surface area contributed by atoms with E-state index in [1.54, 1.807) is 6.92 Å². The van der Waals surface area contributed by atoms with E-state index >= 15 is 0 Å². The van der Waals surface area contributed by atoms with Crippen LogP contribution in [0, 0.1) is 0 Å². The Morgan fingerprint density at radius 3 is 1.81 bits per heavy atom. The SMILES string of the molecule is CCCCC/C=C\C/C=C\CCCCCCCCCCCCOCC(CO)OC(=O)CC. The lowest BCUT2D eigenvalue weighted by Gasteiger charge is -2.15. The van der Waals surface area contributed by atoms with Crippen LogP contribution in [0.25, 0.3) is 0 Å². The molecule has 0 aromatic carbocycles. The molecule has 0 fully saturated rings. The Bertz CT molecular complexity index is 445. The molecule has 4 heteroatoms. The van der Waals surface area contributed by atoms with Gasteiger partial charge in [-0.05, 0) is 38.5 Å². The van der Waals surface area contributed by atoms with Crippen LogP contribution in [0.15, 0.2) is 24.3 Å². The van der Waals surface area contributed by atoms with Crippen LogP contribution in [0.3, 0.4) is 0 Å². The molecule has 0 rings (SSSR count). The van der Waals surface area contributed by atoms with Gasteiger partial charge in [0.1, 0.15) is 6.10 Å². The molecule has 0 bridgehead atoms.